The predicted molar refractivity (Wildman–Crippen MR) is 146 cm³/mol. The van der Waals surface area contributed by atoms with Crippen molar-refractivity contribution in [2.45, 2.75) is 97.1 Å². The quantitative estimate of drug-likeness (QED) is 0.105. The first-order chi connectivity index (χ1) is 18.3. The van der Waals surface area contributed by atoms with E-state index in [9.17, 15) is 18.0 Å². The standard InChI is InChI=1S/C29H37ClF3N3O3/c1-19(25-13-11-22(27(30)35-25)17-34-15-14-26(37)39-28(2,3)4)36-38-18-20-10-12-23(21-8-6-5-7-9-21)24(16-20)29(31,32)33/h10-13,16,21,34H,5-9,14-15,17-18H2,1-4H3. The Labute approximate surface area is 233 Å². The molecule has 1 aromatic heterocycles. The van der Waals surface area contributed by atoms with Gasteiger partial charge >= 0.3 is 12.1 Å². The van der Waals surface area contributed by atoms with Crippen LogP contribution in [0.25, 0.3) is 0 Å². The fraction of sp³-hybridized carbons (Fsp3) is 0.552. The first kappa shape index (κ1) is 30.9. The fourth-order valence-corrected chi connectivity index (χ4v) is 4.78. The number of nitrogens with one attached hydrogen (secondary N) is 1. The Balaban J connectivity index is 1.56. The van der Waals surface area contributed by atoms with Gasteiger partial charge in [-0.1, -0.05) is 54.2 Å². The highest BCUT2D eigenvalue weighted by Crippen LogP contribution is 2.41. The molecular weight excluding hydrogens is 531 g/mol. The largest absolute Gasteiger partial charge is 0.460 e. The number of hydrogen-bond donors (Lipinski definition) is 1. The molecule has 214 valence electrons. The van der Waals surface area contributed by atoms with Crippen molar-refractivity contribution in [3.63, 3.8) is 0 Å². The number of nitrogens with zero attached hydrogens (tertiary/aromatic N) is 2. The number of benzene rings is 1. The van der Waals surface area contributed by atoms with Gasteiger partial charge in [-0.15, -0.1) is 0 Å². The van der Waals surface area contributed by atoms with Gasteiger partial charge in [0.05, 0.1) is 17.7 Å². The Bertz CT molecular complexity index is 1160. The smallest absolute Gasteiger partial charge is 0.416 e. The molecule has 6 nitrogen and oxygen atoms in total. The predicted octanol–water partition coefficient (Wildman–Crippen LogP) is 7.56. The molecule has 0 spiro atoms. The summed E-state index contributed by atoms with van der Waals surface area (Å²) in [5.74, 6) is -0.333. The molecule has 0 bridgehead atoms. The van der Waals surface area contributed by atoms with Crippen molar-refractivity contribution in [2.24, 2.45) is 5.16 Å². The fourth-order valence-electron chi connectivity index (χ4n) is 4.56. The lowest BCUT2D eigenvalue weighted by molar-refractivity contribution is -0.154. The molecule has 1 aliphatic rings. The molecule has 1 saturated carbocycles. The number of esters is 1. The second-order valence-electron chi connectivity index (χ2n) is 10.9. The van der Waals surface area contributed by atoms with Crippen LogP contribution < -0.4 is 5.32 Å². The number of pyridine rings is 1. The van der Waals surface area contributed by atoms with Crippen LogP contribution in [0.15, 0.2) is 35.5 Å². The van der Waals surface area contributed by atoms with E-state index in [4.69, 9.17) is 21.2 Å². The van der Waals surface area contributed by atoms with Gasteiger partial charge in [0.1, 0.15) is 23.1 Å². The zero-order valence-corrected chi connectivity index (χ0v) is 23.7. The summed E-state index contributed by atoms with van der Waals surface area (Å²) in [6.45, 7) is 7.89. The van der Waals surface area contributed by atoms with Gasteiger partial charge in [0.2, 0.25) is 0 Å². The summed E-state index contributed by atoms with van der Waals surface area (Å²) < 4.78 is 46.7. The Hall–Kier alpha value is -2.65. The lowest BCUT2D eigenvalue weighted by Gasteiger charge is -2.25. The SMILES string of the molecule is CC(=NOCc1ccc(C2CCCCC2)c(C(F)(F)F)c1)c1ccc(CNCCC(=O)OC(C)(C)C)c(Cl)n1. The number of rotatable bonds is 10. The van der Waals surface area contributed by atoms with Crippen molar-refractivity contribution in [3.05, 3.63) is 63.4 Å². The molecule has 2 aromatic rings. The maximum atomic E-state index is 13.8. The summed E-state index contributed by atoms with van der Waals surface area (Å²) in [4.78, 5) is 21.5. The summed E-state index contributed by atoms with van der Waals surface area (Å²) in [5.41, 5.74) is 1.35. The maximum Gasteiger partial charge on any atom is 0.416 e. The van der Waals surface area contributed by atoms with E-state index in [-0.39, 0.29) is 30.1 Å². The van der Waals surface area contributed by atoms with E-state index >= 15 is 0 Å². The van der Waals surface area contributed by atoms with Crippen LogP contribution in [-0.2, 0) is 33.7 Å². The third kappa shape index (κ3) is 9.80. The molecule has 1 aliphatic carbocycles. The molecule has 1 fully saturated rings. The number of carbonyl (C=O) groups excluding carboxylic acids is 1. The van der Waals surface area contributed by atoms with Gasteiger partial charge in [0.15, 0.2) is 0 Å². The Kier molecular flexibility index (Phi) is 10.8. The number of halogens is 4. The number of aromatic nitrogens is 1. The molecule has 0 saturated heterocycles. The van der Waals surface area contributed by atoms with E-state index in [0.717, 1.165) is 37.7 Å². The Morgan fingerprint density at radius 1 is 1.13 bits per heavy atom. The Morgan fingerprint density at radius 3 is 2.49 bits per heavy atom. The first-order valence-electron chi connectivity index (χ1n) is 13.3. The second-order valence-corrected chi connectivity index (χ2v) is 11.2. The van der Waals surface area contributed by atoms with Gasteiger partial charge in [-0.05, 0) is 69.7 Å². The molecular formula is C29H37ClF3N3O3. The normalized spacial score (nSPS) is 15.3. The lowest BCUT2D eigenvalue weighted by Crippen LogP contribution is -2.26. The number of carbonyl (C=O) groups is 1. The van der Waals surface area contributed by atoms with Crippen molar-refractivity contribution in [3.8, 4) is 0 Å². The van der Waals surface area contributed by atoms with Crippen molar-refractivity contribution in [1.29, 1.82) is 0 Å². The van der Waals surface area contributed by atoms with Crippen LogP contribution in [0.4, 0.5) is 13.2 Å². The van der Waals surface area contributed by atoms with Gasteiger partial charge < -0.3 is 14.9 Å². The highest BCUT2D eigenvalue weighted by atomic mass is 35.5. The first-order valence-corrected chi connectivity index (χ1v) is 13.7. The highest BCUT2D eigenvalue weighted by molar-refractivity contribution is 6.30. The van der Waals surface area contributed by atoms with E-state index in [1.165, 1.54) is 6.07 Å². The number of ether oxygens (including phenoxy) is 1. The molecule has 1 heterocycles. The van der Waals surface area contributed by atoms with E-state index in [1.807, 2.05) is 20.8 Å². The average molecular weight is 568 g/mol. The third-order valence-corrected chi connectivity index (χ3v) is 6.77. The molecule has 0 atom stereocenters. The summed E-state index contributed by atoms with van der Waals surface area (Å²) >= 11 is 6.33. The van der Waals surface area contributed by atoms with Crippen molar-refractivity contribution >= 4 is 23.3 Å². The summed E-state index contributed by atoms with van der Waals surface area (Å²) in [5, 5.41) is 7.45. The topological polar surface area (TPSA) is 72.8 Å². The zero-order chi connectivity index (χ0) is 28.6. The van der Waals surface area contributed by atoms with Gasteiger partial charge in [0, 0.05) is 18.7 Å². The van der Waals surface area contributed by atoms with Crippen molar-refractivity contribution in [1.82, 2.24) is 10.3 Å². The van der Waals surface area contributed by atoms with E-state index in [2.05, 4.69) is 15.5 Å². The van der Waals surface area contributed by atoms with Crippen LogP contribution >= 0.6 is 11.6 Å². The van der Waals surface area contributed by atoms with Gasteiger partial charge in [-0.25, -0.2) is 4.98 Å². The molecule has 3 rings (SSSR count). The molecule has 1 N–H and O–H groups in total. The van der Waals surface area contributed by atoms with E-state index < -0.39 is 17.3 Å². The van der Waals surface area contributed by atoms with E-state index in [0.29, 0.717) is 35.6 Å². The van der Waals surface area contributed by atoms with E-state index in [1.54, 1.807) is 31.2 Å². The Morgan fingerprint density at radius 2 is 1.85 bits per heavy atom. The molecule has 39 heavy (non-hydrogen) atoms. The van der Waals surface area contributed by atoms with Crippen LogP contribution in [0.1, 0.15) is 100 Å². The van der Waals surface area contributed by atoms with Crippen molar-refractivity contribution in [2.75, 3.05) is 6.54 Å². The average Bonchev–Trinajstić information content (AvgIpc) is 2.86. The highest BCUT2D eigenvalue weighted by Gasteiger charge is 2.35. The summed E-state index contributed by atoms with van der Waals surface area (Å²) in [6.07, 6.45) is 0.398. The second kappa shape index (κ2) is 13.6. The minimum absolute atomic E-state index is 0.0513. The molecule has 0 amide bonds. The minimum Gasteiger partial charge on any atom is -0.460 e. The third-order valence-electron chi connectivity index (χ3n) is 6.44. The van der Waals surface area contributed by atoms with Crippen LogP contribution in [-0.4, -0.2) is 28.8 Å². The monoisotopic (exact) mass is 567 g/mol. The maximum absolute atomic E-state index is 13.8. The van der Waals surface area contributed by atoms with Crippen LogP contribution in [0.5, 0.6) is 0 Å². The summed E-state index contributed by atoms with van der Waals surface area (Å²) in [6, 6.07) is 7.98. The number of oxime groups is 1. The van der Waals surface area contributed by atoms with Gasteiger partial charge in [-0.3, -0.25) is 4.79 Å². The van der Waals surface area contributed by atoms with Crippen LogP contribution in [0.2, 0.25) is 5.15 Å². The minimum atomic E-state index is -4.42. The van der Waals surface area contributed by atoms with Gasteiger partial charge in [0.25, 0.3) is 0 Å². The molecule has 0 aliphatic heterocycles. The summed E-state index contributed by atoms with van der Waals surface area (Å²) in [7, 11) is 0. The van der Waals surface area contributed by atoms with Crippen LogP contribution in [0, 0.1) is 0 Å². The van der Waals surface area contributed by atoms with Gasteiger partial charge in [-0.2, -0.15) is 13.2 Å². The molecule has 0 unspecified atom stereocenters. The number of hydrogen-bond acceptors (Lipinski definition) is 6. The van der Waals surface area contributed by atoms with Crippen LogP contribution in [0.3, 0.4) is 0 Å². The molecule has 0 radical (unpaired) electrons. The molecule has 1 aromatic carbocycles. The zero-order valence-electron chi connectivity index (χ0n) is 23.0. The number of alkyl halides is 3. The molecule has 10 heteroatoms. The van der Waals surface area contributed by atoms with Crippen molar-refractivity contribution < 1.29 is 27.5 Å². The lowest BCUT2D eigenvalue weighted by atomic mass is 9.81.